The van der Waals surface area contributed by atoms with E-state index in [2.05, 4.69) is 27.8 Å². The molecule has 5 heteroatoms. The average molecular weight is 360 g/mol. The van der Waals surface area contributed by atoms with Gasteiger partial charge in [-0.2, -0.15) is 0 Å². The molecule has 0 spiro atoms. The smallest absolute Gasteiger partial charge is 0.122 e. The van der Waals surface area contributed by atoms with Crippen LogP contribution < -0.4 is 4.74 Å². The van der Waals surface area contributed by atoms with Gasteiger partial charge in [-0.1, -0.05) is 17.7 Å². The van der Waals surface area contributed by atoms with Crippen LogP contribution in [0.2, 0.25) is 5.02 Å². The van der Waals surface area contributed by atoms with E-state index < -0.39 is 0 Å². The Kier molecular flexibility index (Phi) is 6.29. The number of piperazine rings is 1. The van der Waals surface area contributed by atoms with Crippen molar-refractivity contribution in [2.45, 2.75) is 20.4 Å². The van der Waals surface area contributed by atoms with Crippen LogP contribution in [0.15, 0.2) is 36.5 Å². The lowest BCUT2D eigenvalue weighted by atomic mass is 10.2. The Balaban J connectivity index is 1.40. The highest BCUT2D eigenvalue weighted by molar-refractivity contribution is 6.30. The molecule has 0 N–H and O–H groups in total. The van der Waals surface area contributed by atoms with Crippen LogP contribution in [-0.2, 0) is 6.54 Å². The van der Waals surface area contributed by atoms with Gasteiger partial charge in [-0.15, -0.1) is 0 Å². The van der Waals surface area contributed by atoms with Crippen molar-refractivity contribution < 1.29 is 4.74 Å². The van der Waals surface area contributed by atoms with Crippen molar-refractivity contribution in [3.8, 4) is 5.75 Å². The fourth-order valence-electron chi connectivity index (χ4n) is 3.13. The first-order valence-electron chi connectivity index (χ1n) is 8.86. The first-order chi connectivity index (χ1) is 12.1. The quantitative estimate of drug-likeness (QED) is 0.788. The second-order valence-electron chi connectivity index (χ2n) is 6.64. The molecular formula is C20H26ClN3O. The van der Waals surface area contributed by atoms with Gasteiger partial charge in [0.1, 0.15) is 12.4 Å². The Labute approximate surface area is 155 Å². The van der Waals surface area contributed by atoms with E-state index in [-0.39, 0.29) is 0 Å². The molecule has 0 aliphatic carbocycles. The van der Waals surface area contributed by atoms with Crippen LogP contribution in [0.1, 0.15) is 16.8 Å². The number of hydrogen-bond acceptors (Lipinski definition) is 4. The van der Waals surface area contributed by atoms with Crippen molar-refractivity contribution in [3.05, 3.63) is 58.4 Å². The molecule has 0 bridgehead atoms. The maximum atomic E-state index is 5.98. The molecule has 0 amide bonds. The van der Waals surface area contributed by atoms with Crippen LogP contribution in [0.4, 0.5) is 0 Å². The predicted molar refractivity (Wildman–Crippen MR) is 102 cm³/mol. The van der Waals surface area contributed by atoms with E-state index in [9.17, 15) is 0 Å². The van der Waals surface area contributed by atoms with Gasteiger partial charge >= 0.3 is 0 Å². The van der Waals surface area contributed by atoms with Crippen LogP contribution in [0, 0.1) is 13.8 Å². The highest BCUT2D eigenvalue weighted by Gasteiger charge is 2.17. The molecule has 0 radical (unpaired) electrons. The van der Waals surface area contributed by atoms with Crippen LogP contribution in [-0.4, -0.2) is 54.1 Å². The Morgan fingerprint density at radius 3 is 2.52 bits per heavy atom. The Bertz CT molecular complexity index is 699. The molecule has 0 unspecified atom stereocenters. The molecule has 25 heavy (non-hydrogen) atoms. The lowest BCUT2D eigenvalue weighted by molar-refractivity contribution is 0.111. The van der Waals surface area contributed by atoms with Gasteiger partial charge in [0.05, 0.1) is 5.69 Å². The van der Waals surface area contributed by atoms with E-state index in [1.165, 1.54) is 11.3 Å². The van der Waals surface area contributed by atoms with Crippen LogP contribution >= 0.6 is 11.6 Å². The maximum absolute atomic E-state index is 5.98. The van der Waals surface area contributed by atoms with E-state index in [0.29, 0.717) is 6.61 Å². The molecule has 1 fully saturated rings. The highest BCUT2D eigenvalue weighted by Crippen LogP contribution is 2.21. The minimum atomic E-state index is 0.710. The molecule has 1 aliphatic rings. The molecule has 3 rings (SSSR count). The van der Waals surface area contributed by atoms with Gasteiger partial charge in [0.15, 0.2) is 0 Å². The molecule has 1 saturated heterocycles. The van der Waals surface area contributed by atoms with E-state index in [4.69, 9.17) is 16.3 Å². The Morgan fingerprint density at radius 2 is 1.80 bits per heavy atom. The van der Waals surface area contributed by atoms with Crippen LogP contribution in [0.25, 0.3) is 0 Å². The predicted octanol–water partition coefficient (Wildman–Crippen LogP) is 3.55. The number of benzene rings is 1. The van der Waals surface area contributed by atoms with Gasteiger partial charge in [0.2, 0.25) is 0 Å². The van der Waals surface area contributed by atoms with Gasteiger partial charge in [-0.25, -0.2) is 0 Å². The number of ether oxygens (including phenoxy) is 1. The average Bonchev–Trinajstić information content (AvgIpc) is 2.60. The van der Waals surface area contributed by atoms with E-state index in [1.807, 2.05) is 37.4 Å². The molecule has 0 atom stereocenters. The topological polar surface area (TPSA) is 28.6 Å². The van der Waals surface area contributed by atoms with Crippen molar-refractivity contribution in [1.82, 2.24) is 14.8 Å². The lowest BCUT2D eigenvalue weighted by Gasteiger charge is -2.34. The molecule has 1 aliphatic heterocycles. The number of pyridine rings is 1. The molecule has 4 nitrogen and oxygen atoms in total. The summed E-state index contributed by atoms with van der Waals surface area (Å²) in [4.78, 5) is 9.45. The van der Waals surface area contributed by atoms with Crippen molar-refractivity contribution >= 4 is 11.6 Å². The van der Waals surface area contributed by atoms with Crippen molar-refractivity contribution in [2.75, 3.05) is 39.3 Å². The molecule has 1 aromatic carbocycles. The van der Waals surface area contributed by atoms with Crippen LogP contribution in [0.5, 0.6) is 5.75 Å². The zero-order chi connectivity index (χ0) is 17.6. The summed E-state index contributed by atoms with van der Waals surface area (Å²) >= 11 is 5.98. The number of aromatic nitrogens is 1. The Hall–Kier alpha value is -1.62. The fraction of sp³-hybridized carbons (Fsp3) is 0.450. The van der Waals surface area contributed by atoms with Crippen molar-refractivity contribution in [1.29, 1.82) is 0 Å². The van der Waals surface area contributed by atoms with Gasteiger partial charge in [-0.3, -0.25) is 14.8 Å². The molecule has 2 heterocycles. The van der Waals surface area contributed by atoms with Crippen LogP contribution in [0.3, 0.4) is 0 Å². The number of aryl methyl sites for hydroxylation is 2. The summed E-state index contributed by atoms with van der Waals surface area (Å²) in [5, 5.41) is 0.754. The van der Waals surface area contributed by atoms with Gasteiger partial charge in [-0.05, 0) is 49.2 Å². The third-order valence-electron chi connectivity index (χ3n) is 4.76. The molecule has 0 saturated carbocycles. The summed E-state index contributed by atoms with van der Waals surface area (Å²) in [5.41, 5.74) is 3.55. The van der Waals surface area contributed by atoms with E-state index in [0.717, 1.165) is 55.6 Å². The third kappa shape index (κ3) is 5.18. The monoisotopic (exact) mass is 359 g/mol. The van der Waals surface area contributed by atoms with E-state index >= 15 is 0 Å². The molecule has 134 valence electrons. The van der Waals surface area contributed by atoms with Crippen molar-refractivity contribution in [2.24, 2.45) is 0 Å². The first kappa shape index (κ1) is 18.2. The maximum Gasteiger partial charge on any atom is 0.122 e. The van der Waals surface area contributed by atoms with Gasteiger partial charge < -0.3 is 4.74 Å². The fourth-order valence-corrected chi connectivity index (χ4v) is 3.35. The second-order valence-corrected chi connectivity index (χ2v) is 7.08. The van der Waals surface area contributed by atoms with Crippen molar-refractivity contribution in [3.63, 3.8) is 0 Å². The lowest BCUT2D eigenvalue weighted by Crippen LogP contribution is -2.47. The number of hydrogen-bond donors (Lipinski definition) is 0. The standard InChI is InChI=1S/C20H26ClN3O/c1-16-4-3-7-22-19(16)15-24-10-8-23(9-11-24)12-13-25-20-6-5-18(21)14-17(20)2/h3-7,14H,8-13,15H2,1-2H3. The number of halogens is 1. The SMILES string of the molecule is Cc1cc(Cl)ccc1OCCN1CCN(Cc2ncccc2C)CC1. The largest absolute Gasteiger partial charge is 0.492 e. The Morgan fingerprint density at radius 1 is 1.04 bits per heavy atom. The minimum absolute atomic E-state index is 0.710. The third-order valence-corrected chi connectivity index (χ3v) is 4.99. The van der Waals surface area contributed by atoms with E-state index in [1.54, 1.807) is 0 Å². The first-order valence-corrected chi connectivity index (χ1v) is 9.24. The molecule has 1 aromatic heterocycles. The summed E-state index contributed by atoms with van der Waals surface area (Å²) in [6.07, 6.45) is 1.88. The summed E-state index contributed by atoms with van der Waals surface area (Å²) in [5.74, 6) is 0.925. The van der Waals surface area contributed by atoms with Gasteiger partial charge in [0.25, 0.3) is 0 Å². The summed E-state index contributed by atoms with van der Waals surface area (Å²) < 4.78 is 5.91. The zero-order valence-electron chi connectivity index (χ0n) is 15.0. The second kappa shape index (κ2) is 8.65. The summed E-state index contributed by atoms with van der Waals surface area (Å²) in [7, 11) is 0. The highest BCUT2D eigenvalue weighted by atomic mass is 35.5. The summed E-state index contributed by atoms with van der Waals surface area (Å²) in [6.45, 7) is 11.1. The van der Waals surface area contributed by atoms with Gasteiger partial charge in [0, 0.05) is 50.5 Å². The summed E-state index contributed by atoms with van der Waals surface area (Å²) in [6, 6.07) is 9.90. The zero-order valence-corrected chi connectivity index (χ0v) is 15.8. The molecular weight excluding hydrogens is 334 g/mol. The normalized spacial score (nSPS) is 16.1. The minimum Gasteiger partial charge on any atom is -0.492 e. The number of nitrogens with zero attached hydrogens (tertiary/aromatic N) is 3. The number of rotatable bonds is 6. The molecule has 2 aromatic rings.